The molecular formula is C25H31F2N3O3. The minimum absolute atomic E-state index is 0.0286. The number of carbonyl (C=O) groups excluding carboxylic acids is 1. The highest BCUT2D eigenvalue weighted by Crippen LogP contribution is 2.33. The Kier molecular flexibility index (Phi) is 7.65. The Morgan fingerprint density at radius 1 is 1.06 bits per heavy atom. The summed E-state index contributed by atoms with van der Waals surface area (Å²) in [6, 6.07) is 15.7. The van der Waals surface area contributed by atoms with Gasteiger partial charge < -0.3 is 19.3 Å². The maximum Gasteiger partial charge on any atom is 0.387 e. The number of hydrogen-bond acceptors (Lipinski definition) is 5. The SMILES string of the molecule is CCOc1cc(CN(CC(=O)N2CCN(c3ccccc3)CC2)C2CC2)ccc1OC(F)F. The molecular weight excluding hydrogens is 428 g/mol. The molecule has 178 valence electrons. The van der Waals surface area contributed by atoms with Crippen molar-refractivity contribution in [3.63, 3.8) is 0 Å². The number of alkyl halides is 2. The maximum atomic E-state index is 13.1. The van der Waals surface area contributed by atoms with Gasteiger partial charge in [-0.1, -0.05) is 24.3 Å². The van der Waals surface area contributed by atoms with Gasteiger partial charge in [0.25, 0.3) is 0 Å². The van der Waals surface area contributed by atoms with Gasteiger partial charge in [-0.2, -0.15) is 8.78 Å². The topological polar surface area (TPSA) is 45.2 Å². The molecule has 1 saturated heterocycles. The molecule has 6 nitrogen and oxygen atoms in total. The highest BCUT2D eigenvalue weighted by Gasteiger charge is 2.32. The van der Waals surface area contributed by atoms with Crippen molar-refractivity contribution in [2.75, 3.05) is 44.2 Å². The summed E-state index contributed by atoms with van der Waals surface area (Å²) >= 11 is 0. The van der Waals surface area contributed by atoms with E-state index in [0.29, 0.717) is 44.6 Å². The van der Waals surface area contributed by atoms with Crippen LogP contribution in [-0.2, 0) is 11.3 Å². The minimum Gasteiger partial charge on any atom is -0.490 e. The zero-order chi connectivity index (χ0) is 23.2. The number of benzene rings is 2. The van der Waals surface area contributed by atoms with Gasteiger partial charge in [0.2, 0.25) is 5.91 Å². The van der Waals surface area contributed by atoms with Gasteiger partial charge in [0.15, 0.2) is 11.5 Å². The van der Waals surface area contributed by atoms with Crippen molar-refractivity contribution in [1.29, 1.82) is 0 Å². The number of piperazine rings is 1. The van der Waals surface area contributed by atoms with Gasteiger partial charge in [-0.15, -0.1) is 0 Å². The van der Waals surface area contributed by atoms with Gasteiger partial charge in [0, 0.05) is 44.5 Å². The second kappa shape index (κ2) is 10.8. The van der Waals surface area contributed by atoms with Crippen LogP contribution in [0.15, 0.2) is 48.5 Å². The van der Waals surface area contributed by atoms with Gasteiger partial charge in [0.1, 0.15) is 0 Å². The number of carbonyl (C=O) groups is 1. The molecule has 0 bridgehead atoms. The third-order valence-electron chi connectivity index (χ3n) is 6.07. The second-order valence-corrected chi connectivity index (χ2v) is 8.43. The molecule has 1 heterocycles. The van der Waals surface area contributed by atoms with Gasteiger partial charge in [-0.05, 0) is 49.6 Å². The molecule has 2 fully saturated rings. The number of halogens is 2. The van der Waals surface area contributed by atoms with E-state index in [0.717, 1.165) is 31.5 Å². The fourth-order valence-corrected chi connectivity index (χ4v) is 4.23. The lowest BCUT2D eigenvalue weighted by molar-refractivity contribution is -0.133. The predicted molar refractivity (Wildman–Crippen MR) is 123 cm³/mol. The maximum absolute atomic E-state index is 13.1. The Bertz CT molecular complexity index is 916. The monoisotopic (exact) mass is 459 g/mol. The molecule has 4 rings (SSSR count). The van der Waals surface area contributed by atoms with E-state index in [1.165, 1.54) is 11.8 Å². The Morgan fingerprint density at radius 3 is 2.42 bits per heavy atom. The third-order valence-corrected chi connectivity index (χ3v) is 6.07. The average molecular weight is 460 g/mol. The molecule has 1 amide bonds. The van der Waals surface area contributed by atoms with Crippen molar-refractivity contribution in [1.82, 2.24) is 9.80 Å². The quantitative estimate of drug-likeness (QED) is 0.538. The van der Waals surface area contributed by atoms with E-state index in [4.69, 9.17) is 4.74 Å². The summed E-state index contributed by atoms with van der Waals surface area (Å²) < 4.78 is 35.4. The molecule has 0 N–H and O–H groups in total. The molecule has 1 aliphatic carbocycles. The molecule has 0 unspecified atom stereocenters. The Hall–Kier alpha value is -2.87. The van der Waals surface area contributed by atoms with Crippen molar-refractivity contribution in [3.8, 4) is 11.5 Å². The Balaban J connectivity index is 1.35. The second-order valence-electron chi connectivity index (χ2n) is 8.43. The number of anilines is 1. The summed E-state index contributed by atoms with van der Waals surface area (Å²) in [4.78, 5) is 19.5. The van der Waals surface area contributed by atoms with Crippen LogP contribution in [0.3, 0.4) is 0 Å². The van der Waals surface area contributed by atoms with E-state index in [-0.39, 0.29) is 11.7 Å². The third kappa shape index (κ3) is 6.35. The zero-order valence-electron chi connectivity index (χ0n) is 19.0. The Morgan fingerprint density at radius 2 is 1.79 bits per heavy atom. The minimum atomic E-state index is -2.90. The van der Waals surface area contributed by atoms with Crippen LogP contribution in [-0.4, -0.2) is 67.7 Å². The van der Waals surface area contributed by atoms with Crippen LogP contribution in [0.25, 0.3) is 0 Å². The lowest BCUT2D eigenvalue weighted by Crippen LogP contribution is -2.51. The van der Waals surface area contributed by atoms with E-state index in [1.54, 1.807) is 19.1 Å². The molecule has 0 spiro atoms. The van der Waals surface area contributed by atoms with Crippen molar-refractivity contribution < 1.29 is 23.0 Å². The summed E-state index contributed by atoms with van der Waals surface area (Å²) in [6.07, 6.45) is 2.14. The van der Waals surface area contributed by atoms with E-state index in [1.807, 2.05) is 23.1 Å². The van der Waals surface area contributed by atoms with Gasteiger partial charge in [0.05, 0.1) is 13.2 Å². The first kappa shape index (κ1) is 23.3. The summed E-state index contributed by atoms with van der Waals surface area (Å²) in [5.41, 5.74) is 2.10. The lowest BCUT2D eigenvalue weighted by Gasteiger charge is -2.37. The molecule has 0 radical (unpaired) electrons. The molecule has 2 aliphatic rings. The summed E-state index contributed by atoms with van der Waals surface area (Å²) in [5, 5.41) is 0. The Labute approximate surface area is 193 Å². The highest BCUT2D eigenvalue weighted by atomic mass is 19.3. The van der Waals surface area contributed by atoms with Crippen molar-refractivity contribution in [2.24, 2.45) is 0 Å². The smallest absolute Gasteiger partial charge is 0.387 e. The average Bonchev–Trinajstić information content (AvgIpc) is 3.66. The van der Waals surface area contributed by atoms with Crippen LogP contribution in [0, 0.1) is 0 Å². The van der Waals surface area contributed by atoms with Crippen LogP contribution in [0.2, 0.25) is 0 Å². The predicted octanol–water partition coefficient (Wildman–Crippen LogP) is 4.00. The standard InChI is InChI=1S/C25H31F2N3O3/c1-2-32-23-16-19(8-11-22(23)33-25(26)27)17-30(21-9-10-21)18-24(31)29-14-12-28(13-15-29)20-6-4-3-5-7-20/h3-8,11,16,21,25H,2,9-10,12-15,17-18H2,1H3. The molecule has 8 heteroatoms. The normalized spacial score (nSPS) is 16.4. The van der Waals surface area contributed by atoms with E-state index >= 15 is 0 Å². The molecule has 2 aromatic rings. The summed E-state index contributed by atoms with van der Waals surface area (Å²) in [6.45, 7) is 3.23. The van der Waals surface area contributed by atoms with E-state index < -0.39 is 6.61 Å². The van der Waals surface area contributed by atoms with E-state index in [9.17, 15) is 13.6 Å². The largest absolute Gasteiger partial charge is 0.490 e. The highest BCUT2D eigenvalue weighted by molar-refractivity contribution is 5.78. The van der Waals surface area contributed by atoms with Crippen molar-refractivity contribution >= 4 is 11.6 Å². The molecule has 33 heavy (non-hydrogen) atoms. The number of amides is 1. The fourth-order valence-electron chi connectivity index (χ4n) is 4.23. The summed E-state index contributed by atoms with van der Waals surface area (Å²) in [5.74, 6) is 0.465. The van der Waals surface area contributed by atoms with Crippen molar-refractivity contribution in [3.05, 3.63) is 54.1 Å². The first-order valence-electron chi connectivity index (χ1n) is 11.6. The number of rotatable bonds is 10. The van der Waals surface area contributed by atoms with Crippen molar-refractivity contribution in [2.45, 2.75) is 39.0 Å². The van der Waals surface area contributed by atoms with E-state index in [2.05, 4.69) is 26.7 Å². The van der Waals surface area contributed by atoms with Gasteiger partial charge >= 0.3 is 6.61 Å². The van der Waals surface area contributed by atoms with Crippen LogP contribution in [0.5, 0.6) is 11.5 Å². The first-order chi connectivity index (χ1) is 16.0. The van der Waals surface area contributed by atoms with Crippen LogP contribution in [0.4, 0.5) is 14.5 Å². The lowest BCUT2D eigenvalue weighted by atomic mass is 10.1. The fraction of sp³-hybridized carbons (Fsp3) is 0.480. The van der Waals surface area contributed by atoms with Crippen LogP contribution in [0.1, 0.15) is 25.3 Å². The van der Waals surface area contributed by atoms with Gasteiger partial charge in [-0.3, -0.25) is 9.69 Å². The molecule has 1 aliphatic heterocycles. The first-order valence-corrected chi connectivity index (χ1v) is 11.6. The van der Waals surface area contributed by atoms with Crippen LogP contribution < -0.4 is 14.4 Å². The molecule has 0 aromatic heterocycles. The zero-order valence-corrected chi connectivity index (χ0v) is 19.0. The molecule has 0 atom stereocenters. The van der Waals surface area contributed by atoms with Crippen LogP contribution >= 0.6 is 0 Å². The number of hydrogen-bond donors (Lipinski definition) is 0. The molecule has 2 aromatic carbocycles. The number of para-hydroxylation sites is 1. The molecule has 1 saturated carbocycles. The summed E-state index contributed by atoms with van der Waals surface area (Å²) in [7, 11) is 0. The van der Waals surface area contributed by atoms with Gasteiger partial charge in [-0.25, -0.2) is 0 Å². The number of ether oxygens (including phenoxy) is 2. The number of nitrogens with zero attached hydrogens (tertiary/aromatic N) is 3.